The predicted octanol–water partition coefficient (Wildman–Crippen LogP) is 3.14. The van der Waals surface area contributed by atoms with E-state index in [1.165, 1.54) is 6.42 Å². The Morgan fingerprint density at radius 1 is 1.19 bits per heavy atom. The van der Waals surface area contributed by atoms with E-state index in [0.29, 0.717) is 53.5 Å². The van der Waals surface area contributed by atoms with E-state index in [2.05, 4.69) is 44.0 Å². The zero-order valence-corrected chi connectivity index (χ0v) is 18.6. The lowest BCUT2D eigenvalue weighted by molar-refractivity contribution is -0.0200. The largest absolute Gasteiger partial charge is 0.475 e. The number of rotatable bonds is 2. The molecule has 9 nitrogen and oxygen atoms in total. The van der Waals surface area contributed by atoms with E-state index in [1.54, 1.807) is 6.20 Å². The molecule has 6 rings (SSSR count). The third-order valence-electron chi connectivity index (χ3n) is 7.12. The molecule has 0 amide bonds. The average molecular weight is 446 g/mol. The van der Waals surface area contributed by atoms with Gasteiger partial charge >= 0.3 is 0 Å². The van der Waals surface area contributed by atoms with Crippen molar-refractivity contribution in [2.75, 3.05) is 30.4 Å². The third kappa shape index (κ3) is 3.43. The van der Waals surface area contributed by atoms with E-state index in [4.69, 9.17) is 26.2 Å². The van der Waals surface area contributed by atoms with Crippen molar-refractivity contribution in [1.29, 1.82) is 0 Å². The summed E-state index contributed by atoms with van der Waals surface area (Å²) in [5.74, 6) is 1.72. The summed E-state index contributed by atoms with van der Waals surface area (Å²) in [4.78, 5) is 11.6. The molecule has 0 radical (unpaired) electrons. The highest BCUT2D eigenvalue weighted by atomic mass is 35.5. The highest BCUT2D eigenvalue weighted by Crippen LogP contribution is 2.43. The Bertz CT molecular complexity index is 992. The molecule has 10 heteroatoms. The van der Waals surface area contributed by atoms with Crippen molar-refractivity contribution in [3.05, 3.63) is 16.9 Å². The van der Waals surface area contributed by atoms with Gasteiger partial charge in [0, 0.05) is 31.1 Å². The van der Waals surface area contributed by atoms with Crippen LogP contribution in [0.5, 0.6) is 5.88 Å². The van der Waals surface area contributed by atoms with Crippen LogP contribution in [-0.2, 0) is 4.74 Å². The number of ether oxygens (including phenoxy) is 2. The fourth-order valence-electron chi connectivity index (χ4n) is 5.28. The fraction of sp³-hybridized carbons (Fsp3) is 0.667. The van der Waals surface area contributed by atoms with Gasteiger partial charge in [0.05, 0.1) is 37.3 Å². The van der Waals surface area contributed by atoms with E-state index < -0.39 is 0 Å². The van der Waals surface area contributed by atoms with Gasteiger partial charge in [0.1, 0.15) is 10.7 Å². The van der Waals surface area contributed by atoms with Gasteiger partial charge in [-0.25, -0.2) is 4.98 Å². The number of fused-ring (bicyclic) bond motifs is 5. The Kier molecular flexibility index (Phi) is 4.73. The van der Waals surface area contributed by atoms with E-state index in [9.17, 15) is 0 Å². The lowest BCUT2D eigenvalue weighted by Crippen LogP contribution is -2.50. The molecule has 1 saturated carbocycles. The van der Waals surface area contributed by atoms with Crippen molar-refractivity contribution in [1.82, 2.24) is 24.6 Å². The summed E-state index contributed by atoms with van der Waals surface area (Å²) < 4.78 is 14.0. The van der Waals surface area contributed by atoms with Gasteiger partial charge in [0.15, 0.2) is 5.82 Å². The molecule has 3 aliphatic heterocycles. The minimum atomic E-state index is 0.164. The summed E-state index contributed by atoms with van der Waals surface area (Å²) in [5.41, 5.74) is 1.88. The van der Waals surface area contributed by atoms with Gasteiger partial charge in [-0.15, -0.1) is 5.10 Å². The second kappa shape index (κ2) is 7.50. The highest BCUT2D eigenvalue weighted by molar-refractivity contribution is 6.32. The molecule has 3 atom stereocenters. The van der Waals surface area contributed by atoms with Crippen LogP contribution in [0.1, 0.15) is 44.3 Å². The van der Waals surface area contributed by atoms with Crippen LogP contribution in [0.3, 0.4) is 0 Å². The van der Waals surface area contributed by atoms with Gasteiger partial charge < -0.3 is 20.1 Å². The number of halogens is 1. The van der Waals surface area contributed by atoms with Crippen LogP contribution in [0, 0.1) is 6.92 Å². The Balaban J connectivity index is 1.24. The molecule has 2 aromatic rings. The topological polar surface area (TPSA) is 89.4 Å². The van der Waals surface area contributed by atoms with Crippen LogP contribution in [0.15, 0.2) is 6.20 Å². The highest BCUT2D eigenvalue weighted by Gasteiger charge is 2.46. The van der Waals surface area contributed by atoms with Crippen molar-refractivity contribution in [2.24, 2.45) is 0 Å². The quantitative estimate of drug-likeness (QED) is 0.728. The number of nitrogens with one attached hydrogen (secondary N) is 2. The number of nitrogens with zero attached hydrogens (tertiary/aromatic N) is 5. The smallest absolute Gasteiger partial charge is 0.257 e. The van der Waals surface area contributed by atoms with Crippen LogP contribution >= 0.6 is 11.6 Å². The maximum atomic E-state index is 6.28. The summed E-state index contributed by atoms with van der Waals surface area (Å²) in [6, 6.07) is 1.80. The van der Waals surface area contributed by atoms with Crippen LogP contribution < -0.4 is 15.4 Å². The van der Waals surface area contributed by atoms with Crippen molar-refractivity contribution in [3.63, 3.8) is 0 Å². The Labute approximate surface area is 186 Å². The number of morpholine rings is 1. The summed E-state index contributed by atoms with van der Waals surface area (Å²) in [7, 11) is 0. The molecule has 2 saturated heterocycles. The van der Waals surface area contributed by atoms with Crippen LogP contribution in [-0.4, -0.2) is 68.6 Å². The molecule has 0 spiro atoms. The maximum absolute atomic E-state index is 6.28. The standard InChI is InChI=1S/C21H28ClN7O2/c1-11-3-4-30-20-18(25-21-23-8-17(22)19(24-11)26-21)12(2)29(27-20)14-5-13(6-14)28-9-16-7-15(28)10-31-16/h8,11,13-16H,3-7,9-10H2,1-2H3,(H2,23,24,25,26)/t11-,13?,14?,15-,16-/m1/s1. The zero-order valence-electron chi connectivity index (χ0n) is 17.8. The normalized spacial score (nSPS) is 32.3. The third-order valence-corrected chi connectivity index (χ3v) is 7.39. The minimum Gasteiger partial charge on any atom is -0.475 e. The van der Waals surface area contributed by atoms with Gasteiger partial charge in [-0.3, -0.25) is 9.58 Å². The molecule has 0 unspecified atom stereocenters. The summed E-state index contributed by atoms with van der Waals surface area (Å²) >= 11 is 6.28. The zero-order chi connectivity index (χ0) is 21.1. The fourth-order valence-corrected chi connectivity index (χ4v) is 5.42. The number of anilines is 3. The monoisotopic (exact) mass is 445 g/mol. The molecule has 2 N–H and O–H groups in total. The molecule has 1 aliphatic carbocycles. The van der Waals surface area contributed by atoms with Crippen LogP contribution in [0.25, 0.3) is 0 Å². The second-order valence-electron chi connectivity index (χ2n) is 9.23. The van der Waals surface area contributed by atoms with E-state index in [0.717, 1.165) is 43.8 Å². The lowest BCUT2D eigenvalue weighted by atomic mass is 9.85. The molecule has 2 aromatic heterocycles. The Hall–Kier alpha value is -2.10. The molecule has 3 fully saturated rings. The van der Waals surface area contributed by atoms with Crippen molar-refractivity contribution < 1.29 is 9.47 Å². The van der Waals surface area contributed by atoms with Gasteiger partial charge in [-0.1, -0.05) is 11.6 Å². The Morgan fingerprint density at radius 2 is 2.06 bits per heavy atom. The first-order chi connectivity index (χ1) is 15.0. The molecule has 4 bridgehead atoms. The van der Waals surface area contributed by atoms with Crippen molar-refractivity contribution in [2.45, 2.75) is 69.8 Å². The SMILES string of the molecule is Cc1c2c(nn1C1CC(N3C[C@H]4C[C@@H]3CO4)C1)OCC[C@@H](C)Nc1nc(ncc1Cl)N2. The number of aromatic nitrogens is 4. The predicted molar refractivity (Wildman–Crippen MR) is 117 cm³/mol. The molecule has 166 valence electrons. The number of hydrogen-bond acceptors (Lipinski definition) is 8. The van der Waals surface area contributed by atoms with E-state index in [-0.39, 0.29) is 6.04 Å². The number of likely N-dealkylation sites (tertiary alicyclic amines) is 1. The van der Waals surface area contributed by atoms with E-state index >= 15 is 0 Å². The van der Waals surface area contributed by atoms with Crippen LogP contribution in [0.4, 0.5) is 17.5 Å². The van der Waals surface area contributed by atoms with Gasteiger partial charge in [-0.2, -0.15) is 4.98 Å². The molecular weight excluding hydrogens is 418 g/mol. The lowest BCUT2D eigenvalue weighted by Gasteiger charge is -2.44. The summed E-state index contributed by atoms with van der Waals surface area (Å²) in [6.07, 6.45) is 6.32. The molecule has 31 heavy (non-hydrogen) atoms. The molecular formula is C21H28ClN7O2. The first-order valence-corrected chi connectivity index (χ1v) is 11.6. The summed E-state index contributed by atoms with van der Waals surface area (Å²) in [6.45, 7) is 6.71. The molecule has 4 aliphatic rings. The van der Waals surface area contributed by atoms with Crippen LogP contribution in [0.2, 0.25) is 5.02 Å². The Morgan fingerprint density at radius 3 is 2.84 bits per heavy atom. The average Bonchev–Trinajstić information content (AvgIpc) is 3.40. The number of hydrogen-bond donors (Lipinski definition) is 2. The van der Waals surface area contributed by atoms with Crippen molar-refractivity contribution in [3.8, 4) is 5.88 Å². The first kappa shape index (κ1) is 19.6. The first-order valence-electron chi connectivity index (χ1n) is 11.2. The van der Waals surface area contributed by atoms with Gasteiger partial charge in [0.25, 0.3) is 5.88 Å². The summed E-state index contributed by atoms with van der Waals surface area (Å²) in [5, 5.41) is 12.0. The molecule has 5 heterocycles. The van der Waals surface area contributed by atoms with E-state index in [1.807, 2.05) is 0 Å². The maximum Gasteiger partial charge on any atom is 0.257 e. The molecule has 0 aromatic carbocycles. The van der Waals surface area contributed by atoms with Gasteiger partial charge in [-0.05, 0) is 33.1 Å². The van der Waals surface area contributed by atoms with Crippen molar-refractivity contribution >= 4 is 29.1 Å². The van der Waals surface area contributed by atoms with Gasteiger partial charge in [0.2, 0.25) is 5.95 Å². The minimum absolute atomic E-state index is 0.164. The second-order valence-corrected chi connectivity index (χ2v) is 9.64.